The number of ether oxygens (including phenoxy) is 1. The highest BCUT2D eigenvalue weighted by atomic mass is 19.1. The van der Waals surface area contributed by atoms with E-state index >= 15 is 0 Å². The largest absolute Gasteiger partial charge is 0.482 e. The number of piperidine rings is 1. The van der Waals surface area contributed by atoms with Crippen LogP contribution in [0.25, 0.3) is 0 Å². The van der Waals surface area contributed by atoms with Crippen LogP contribution in [0.4, 0.5) is 20.4 Å². The lowest BCUT2D eigenvalue weighted by Crippen LogP contribution is -2.48. The minimum absolute atomic E-state index is 0.166. The van der Waals surface area contributed by atoms with Gasteiger partial charge in [0.05, 0.1) is 17.6 Å². The molecule has 0 radical (unpaired) electrons. The third-order valence-corrected chi connectivity index (χ3v) is 7.20. The zero-order valence-corrected chi connectivity index (χ0v) is 19.0. The molecule has 178 valence electrons. The van der Waals surface area contributed by atoms with E-state index in [-0.39, 0.29) is 11.9 Å². The molecule has 1 N–H and O–H groups in total. The Bertz CT molecular complexity index is 1170. The highest BCUT2D eigenvalue weighted by molar-refractivity contribution is 5.46. The van der Waals surface area contributed by atoms with Crippen LogP contribution in [-0.2, 0) is 6.54 Å². The molecule has 8 nitrogen and oxygen atoms in total. The lowest BCUT2D eigenvalue weighted by Gasteiger charge is -2.39. The van der Waals surface area contributed by atoms with Crippen molar-refractivity contribution in [2.45, 2.75) is 51.3 Å². The van der Waals surface area contributed by atoms with Gasteiger partial charge in [0.15, 0.2) is 11.9 Å². The summed E-state index contributed by atoms with van der Waals surface area (Å²) in [4.78, 5) is 7.16. The molecule has 6 rings (SSSR count). The first-order valence-corrected chi connectivity index (χ1v) is 11.9. The van der Waals surface area contributed by atoms with Crippen LogP contribution in [0.2, 0.25) is 0 Å². The van der Waals surface area contributed by atoms with Crippen molar-refractivity contribution in [1.82, 2.24) is 25.0 Å². The maximum absolute atomic E-state index is 13.6. The standard InChI is InChI=1S/C24H27F2N7O/c1-14-7-19(11-27-30-14)32-12-15-4-5-16(13-32)22(15)28-24-29-23-21(3-2-6-33(23)31-24)34-20-9-17(25)8-18(26)10-20/h7-11,15-16,21-22H,2-6,12-13H2,1H3,(H,28,31)/t15-,16+,21-,22?/m0/s1. The first kappa shape index (κ1) is 21.2. The molecule has 1 aliphatic carbocycles. The van der Waals surface area contributed by atoms with Crippen molar-refractivity contribution in [1.29, 1.82) is 0 Å². The predicted octanol–water partition coefficient (Wildman–Crippen LogP) is 3.90. The monoisotopic (exact) mass is 467 g/mol. The normalized spacial score (nSPS) is 25.8. The van der Waals surface area contributed by atoms with Crippen molar-refractivity contribution in [3.8, 4) is 5.75 Å². The first-order chi connectivity index (χ1) is 16.5. The Morgan fingerprint density at radius 3 is 2.53 bits per heavy atom. The fourth-order valence-corrected chi connectivity index (χ4v) is 5.70. The van der Waals surface area contributed by atoms with E-state index in [1.165, 1.54) is 25.0 Å². The Kier molecular flexibility index (Phi) is 5.30. The fourth-order valence-electron chi connectivity index (χ4n) is 5.70. The van der Waals surface area contributed by atoms with Crippen LogP contribution in [0, 0.1) is 30.4 Å². The van der Waals surface area contributed by atoms with E-state index < -0.39 is 11.6 Å². The fraction of sp³-hybridized carbons (Fsp3) is 0.500. The van der Waals surface area contributed by atoms with Gasteiger partial charge in [-0.1, -0.05) is 0 Å². The molecule has 3 aliphatic rings. The van der Waals surface area contributed by atoms with Gasteiger partial charge >= 0.3 is 0 Å². The summed E-state index contributed by atoms with van der Waals surface area (Å²) < 4.78 is 35.0. The number of aromatic nitrogens is 5. The van der Waals surface area contributed by atoms with Crippen LogP contribution in [0.1, 0.15) is 43.3 Å². The van der Waals surface area contributed by atoms with Crippen molar-refractivity contribution in [2.75, 3.05) is 23.3 Å². The topological polar surface area (TPSA) is 81.0 Å². The number of anilines is 2. The van der Waals surface area contributed by atoms with E-state index in [2.05, 4.69) is 26.5 Å². The Balaban J connectivity index is 1.17. The average Bonchev–Trinajstić information content (AvgIpc) is 3.30. The maximum atomic E-state index is 13.6. The number of nitrogens with zero attached hydrogens (tertiary/aromatic N) is 6. The Hall–Kier alpha value is -3.30. The van der Waals surface area contributed by atoms with Crippen molar-refractivity contribution in [2.24, 2.45) is 11.8 Å². The number of nitrogens with one attached hydrogen (secondary N) is 1. The van der Waals surface area contributed by atoms with Gasteiger partial charge in [0.1, 0.15) is 17.4 Å². The minimum atomic E-state index is -0.658. The number of hydrogen-bond acceptors (Lipinski definition) is 7. The molecule has 1 saturated heterocycles. The van der Waals surface area contributed by atoms with Crippen molar-refractivity contribution >= 4 is 11.6 Å². The molecule has 2 bridgehead atoms. The van der Waals surface area contributed by atoms with Gasteiger partial charge in [0.25, 0.3) is 0 Å². The number of hydrogen-bond donors (Lipinski definition) is 1. The number of rotatable bonds is 5. The molecule has 0 amide bonds. The molecule has 1 saturated carbocycles. The van der Waals surface area contributed by atoms with Gasteiger partial charge in [-0.15, -0.1) is 5.10 Å². The Morgan fingerprint density at radius 2 is 1.79 bits per heavy atom. The van der Waals surface area contributed by atoms with Crippen LogP contribution in [0.3, 0.4) is 0 Å². The molecular formula is C24H27F2N7O. The van der Waals surface area contributed by atoms with E-state index in [0.717, 1.165) is 49.9 Å². The molecule has 3 aromatic rings. The van der Waals surface area contributed by atoms with Gasteiger partial charge < -0.3 is 15.0 Å². The Labute approximate surface area is 196 Å². The zero-order valence-electron chi connectivity index (χ0n) is 19.0. The maximum Gasteiger partial charge on any atom is 0.242 e. The van der Waals surface area contributed by atoms with Gasteiger partial charge in [0.2, 0.25) is 5.95 Å². The minimum Gasteiger partial charge on any atom is -0.482 e. The molecule has 2 aromatic heterocycles. The van der Waals surface area contributed by atoms with Crippen LogP contribution < -0.4 is 15.0 Å². The third kappa shape index (κ3) is 4.05. The van der Waals surface area contributed by atoms with Gasteiger partial charge in [-0.3, -0.25) is 0 Å². The summed E-state index contributed by atoms with van der Waals surface area (Å²) in [5.41, 5.74) is 2.06. The number of halogens is 2. The van der Waals surface area contributed by atoms with Crippen LogP contribution in [0.5, 0.6) is 5.75 Å². The molecule has 4 atom stereocenters. The number of fused-ring (bicyclic) bond motifs is 3. The summed E-state index contributed by atoms with van der Waals surface area (Å²) in [5.74, 6) is 1.14. The molecule has 34 heavy (non-hydrogen) atoms. The summed E-state index contributed by atoms with van der Waals surface area (Å²) in [6.07, 6.45) is 5.37. The van der Waals surface area contributed by atoms with Crippen molar-refractivity contribution in [3.05, 3.63) is 53.6 Å². The summed E-state index contributed by atoms with van der Waals surface area (Å²) in [6, 6.07) is 5.64. The number of aryl methyl sites for hydroxylation is 2. The molecule has 0 spiro atoms. The second-order valence-corrected chi connectivity index (χ2v) is 9.60. The summed E-state index contributed by atoms with van der Waals surface area (Å²) in [6.45, 7) is 4.64. The van der Waals surface area contributed by atoms with Crippen molar-refractivity contribution < 1.29 is 13.5 Å². The SMILES string of the molecule is Cc1cc(N2C[C@H]3CC[C@@H](C2)C3Nc2nc3n(n2)CCC[C@@H]3Oc2cc(F)cc(F)c2)cnn1. The van der Waals surface area contributed by atoms with E-state index in [0.29, 0.717) is 29.7 Å². The summed E-state index contributed by atoms with van der Waals surface area (Å²) in [5, 5.41) is 16.5. The lowest BCUT2D eigenvalue weighted by atomic mass is 9.92. The molecule has 2 fully saturated rings. The molecule has 1 unspecified atom stereocenters. The molecule has 4 heterocycles. The summed E-state index contributed by atoms with van der Waals surface area (Å²) >= 11 is 0. The molecule has 10 heteroatoms. The van der Waals surface area contributed by atoms with Crippen LogP contribution >= 0.6 is 0 Å². The molecule has 1 aromatic carbocycles. The van der Waals surface area contributed by atoms with E-state index in [9.17, 15) is 8.78 Å². The van der Waals surface area contributed by atoms with Gasteiger partial charge in [-0.25, -0.2) is 13.5 Å². The van der Waals surface area contributed by atoms with Crippen LogP contribution in [-0.4, -0.2) is 44.1 Å². The van der Waals surface area contributed by atoms with E-state index in [1.54, 1.807) is 0 Å². The van der Waals surface area contributed by atoms with Gasteiger partial charge in [-0.2, -0.15) is 15.2 Å². The van der Waals surface area contributed by atoms with E-state index in [4.69, 9.17) is 14.8 Å². The van der Waals surface area contributed by atoms with E-state index in [1.807, 2.05) is 17.8 Å². The number of benzene rings is 1. The molecular weight excluding hydrogens is 440 g/mol. The lowest BCUT2D eigenvalue weighted by molar-refractivity contribution is 0.154. The van der Waals surface area contributed by atoms with Gasteiger partial charge in [-0.05, 0) is 50.5 Å². The zero-order chi connectivity index (χ0) is 23.2. The Morgan fingerprint density at radius 1 is 1.03 bits per heavy atom. The van der Waals surface area contributed by atoms with Crippen molar-refractivity contribution in [3.63, 3.8) is 0 Å². The second kappa shape index (κ2) is 8.48. The highest BCUT2D eigenvalue weighted by Crippen LogP contribution is 2.40. The second-order valence-electron chi connectivity index (χ2n) is 9.60. The average molecular weight is 468 g/mol. The predicted molar refractivity (Wildman–Crippen MR) is 122 cm³/mol. The smallest absolute Gasteiger partial charge is 0.242 e. The van der Waals surface area contributed by atoms with Crippen LogP contribution in [0.15, 0.2) is 30.5 Å². The quantitative estimate of drug-likeness (QED) is 0.610. The highest BCUT2D eigenvalue weighted by Gasteiger charge is 2.43. The third-order valence-electron chi connectivity index (χ3n) is 7.20. The summed E-state index contributed by atoms with van der Waals surface area (Å²) in [7, 11) is 0. The first-order valence-electron chi connectivity index (χ1n) is 11.9. The molecule has 2 aliphatic heterocycles. The van der Waals surface area contributed by atoms with Gasteiger partial charge in [0, 0.05) is 43.9 Å².